The average molecular weight is 136 g/mol. The van der Waals surface area contributed by atoms with E-state index in [2.05, 4.69) is 0 Å². The molecule has 0 unspecified atom stereocenters. The first-order valence-corrected chi connectivity index (χ1v) is 3.35. The fraction of sp³-hybridized carbons (Fsp3) is 0.750. The van der Waals surface area contributed by atoms with Gasteiger partial charge in [-0.15, -0.1) is 11.8 Å². The maximum Gasteiger partial charge on any atom is 0.227 e. The molecule has 0 aromatic carbocycles. The lowest BCUT2D eigenvalue weighted by atomic mass is 10.8. The number of amides is 1. The van der Waals surface area contributed by atoms with E-state index in [-0.39, 0.29) is 11.7 Å². The molecule has 2 N–H and O–H groups in total. The molecule has 1 amide bonds. The van der Waals surface area contributed by atoms with Crippen LogP contribution in [0.2, 0.25) is 0 Å². The number of hydrogen-bond acceptors (Lipinski definition) is 2. The minimum atomic E-state index is -0.391. The molecule has 0 radical (unpaired) electrons. The lowest BCUT2D eigenvalue weighted by molar-refractivity contribution is -0.115. The molecule has 0 heterocycles. The number of primary amides is 1. The van der Waals surface area contributed by atoms with Crippen LogP contribution in [-0.4, -0.2) is 24.1 Å². The second-order valence-electron chi connectivity index (χ2n) is 1.21. The number of thioether (sulfide) groups is 1. The average Bonchev–Trinajstić information content (AvgIpc) is 1.66. The van der Waals surface area contributed by atoms with Crippen molar-refractivity contribution < 1.29 is 9.18 Å². The highest BCUT2D eigenvalue weighted by Gasteiger charge is 1.91. The van der Waals surface area contributed by atoms with Gasteiger partial charge in [-0.3, -0.25) is 9.18 Å². The van der Waals surface area contributed by atoms with Gasteiger partial charge in [0.15, 0.2) is 0 Å². The number of carbonyl (C=O) groups excluding carboxylic acids is 1. The van der Waals surface area contributed by atoms with E-state index < -0.39 is 6.67 Å². The third-order valence-electron chi connectivity index (χ3n) is 0.466. The molecule has 0 fully saturated rings. The fourth-order valence-corrected chi connectivity index (χ4v) is 0.682. The summed E-state index contributed by atoms with van der Waals surface area (Å²) in [5, 5.41) is 0. The highest BCUT2D eigenvalue weighted by Crippen LogP contribution is 1.96. The summed E-state index contributed by atoms with van der Waals surface area (Å²) in [7, 11) is 0. The lowest BCUT2D eigenvalue weighted by Crippen LogP contribution is -2.13. The van der Waals surface area contributed by atoms with Crippen molar-refractivity contribution in [1.29, 1.82) is 0 Å². The van der Waals surface area contributed by atoms with E-state index in [1.165, 1.54) is 11.8 Å². The van der Waals surface area contributed by atoms with Crippen molar-refractivity contribution in [2.75, 3.05) is 18.2 Å². The molecule has 0 rings (SSSR count). The SMILES string of the molecule is NC(=O)CSCC[18F]. The molecule has 8 heavy (non-hydrogen) atoms. The van der Waals surface area contributed by atoms with Crippen molar-refractivity contribution in [3.63, 3.8) is 0 Å². The molecule has 0 aromatic heterocycles. The summed E-state index contributed by atoms with van der Waals surface area (Å²) in [5.41, 5.74) is 4.75. The normalized spacial score (nSPS) is 9.12. The summed E-state index contributed by atoms with van der Waals surface area (Å²) in [6.07, 6.45) is 0. The zero-order valence-corrected chi connectivity index (χ0v) is 5.21. The van der Waals surface area contributed by atoms with Gasteiger partial charge >= 0.3 is 0 Å². The highest BCUT2D eigenvalue weighted by atomic mass is 32.2. The Kier molecular flexibility index (Phi) is 4.75. The number of alkyl halides is 1. The van der Waals surface area contributed by atoms with Crippen LogP contribution in [-0.2, 0) is 4.79 Å². The van der Waals surface area contributed by atoms with Crippen molar-refractivity contribution in [2.45, 2.75) is 0 Å². The van der Waals surface area contributed by atoms with E-state index in [0.29, 0.717) is 5.75 Å². The van der Waals surface area contributed by atoms with Crippen LogP contribution in [0.25, 0.3) is 0 Å². The standard InChI is InChI=1S/C4H8FNOS/c5-1-2-8-3-4(6)7/h1-3H2,(H2,6,7)/i5-1. The van der Waals surface area contributed by atoms with E-state index in [4.69, 9.17) is 5.73 Å². The Hall–Kier alpha value is -0.250. The van der Waals surface area contributed by atoms with Crippen molar-refractivity contribution in [1.82, 2.24) is 0 Å². The zero-order chi connectivity index (χ0) is 6.41. The number of carbonyl (C=O) groups is 1. The Labute approximate surface area is 51.6 Å². The largest absolute Gasteiger partial charge is 0.369 e. The molecule has 0 spiro atoms. The molecule has 0 aliphatic rings. The molecular formula is C4H8FNOS. The predicted molar refractivity (Wildman–Crippen MR) is 32.5 cm³/mol. The molecule has 0 saturated carbocycles. The second kappa shape index (κ2) is 4.90. The maximum atomic E-state index is 11.3. The smallest absolute Gasteiger partial charge is 0.227 e. The minimum absolute atomic E-state index is 0.226. The van der Waals surface area contributed by atoms with Crippen LogP contribution in [0.1, 0.15) is 0 Å². The Morgan fingerprint density at radius 1 is 1.75 bits per heavy atom. The third-order valence-corrected chi connectivity index (χ3v) is 1.40. The maximum absolute atomic E-state index is 11.3. The predicted octanol–water partition coefficient (Wildman–Crippen LogP) is 0.174. The van der Waals surface area contributed by atoms with E-state index in [1.54, 1.807) is 0 Å². The summed E-state index contributed by atoms with van der Waals surface area (Å²) in [6, 6.07) is 0. The summed E-state index contributed by atoms with van der Waals surface area (Å²) >= 11 is 1.21. The van der Waals surface area contributed by atoms with Crippen LogP contribution in [0, 0.1) is 0 Å². The van der Waals surface area contributed by atoms with Gasteiger partial charge in [-0.2, -0.15) is 0 Å². The van der Waals surface area contributed by atoms with Crippen LogP contribution in [0.3, 0.4) is 0 Å². The second-order valence-corrected chi connectivity index (χ2v) is 2.31. The van der Waals surface area contributed by atoms with Crippen LogP contribution < -0.4 is 5.73 Å². The molecular weight excluding hydrogens is 128 g/mol. The molecule has 0 aliphatic heterocycles. The molecule has 0 aromatic rings. The van der Waals surface area contributed by atoms with E-state index >= 15 is 0 Å². The van der Waals surface area contributed by atoms with Gasteiger partial charge in [0, 0.05) is 5.75 Å². The van der Waals surface area contributed by atoms with Crippen molar-refractivity contribution >= 4 is 17.7 Å². The summed E-state index contributed by atoms with van der Waals surface area (Å²) in [6.45, 7) is -0.391. The van der Waals surface area contributed by atoms with Gasteiger partial charge in [0.25, 0.3) is 0 Å². The molecule has 0 bridgehead atoms. The zero-order valence-electron chi connectivity index (χ0n) is 4.39. The van der Waals surface area contributed by atoms with E-state index in [1.807, 2.05) is 0 Å². The quantitative estimate of drug-likeness (QED) is 0.560. The third kappa shape index (κ3) is 5.75. The Morgan fingerprint density at radius 3 is 2.75 bits per heavy atom. The number of halogens is 1. The number of rotatable bonds is 4. The minimum Gasteiger partial charge on any atom is -0.369 e. The van der Waals surface area contributed by atoms with Crippen LogP contribution in [0.15, 0.2) is 0 Å². The lowest BCUT2D eigenvalue weighted by Gasteiger charge is -1.89. The Morgan fingerprint density at radius 2 is 2.38 bits per heavy atom. The van der Waals surface area contributed by atoms with Crippen molar-refractivity contribution in [3.8, 4) is 0 Å². The van der Waals surface area contributed by atoms with Crippen LogP contribution >= 0.6 is 11.8 Å². The van der Waals surface area contributed by atoms with Crippen molar-refractivity contribution in [3.05, 3.63) is 0 Å². The molecule has 0 saturated heterocycles. The first-order valence-electron chi connectivity index (χ1n) is 2.19. The monoisotopic (exact) mass is 136 g/mol. The Bertz CT molecular complexity index is 78.4. The number of hydrogen-bond donors (Lipinski definition) is 1. The van der Waals surface area contributed by atoms with Gasteiger partial charge in [0.1, 0.15) is 0 Å². The van der Waals surface area contributed by atoms with Gasteiger partial charge < -0.3 is 5.73 Å². The number of nitrogens with two attached hydrogens (primary N) is 1. The molecule has 0 atom stereocenters. The summed E-state index contributed by atoms with van der Waals surface area (Å²) in [4.78, 5) is 9.95. The van der Waals surface area contributed by atoms with Gasteiger partial charge in [0.05, 0.1) is 12.4 Å². The molecule has 48 valence electrons. The van der Waals surface area contributed by atoms with Gasteiger partial charge in [-0.1, -0.05) is 0 Å². The molecule has 2 nitrogen and oxygen atoms in total. The summed E-state index contributed by atoms with van der Waals surface area (Å²) in [5.74, 6) is 0.204. The first-order chi connectivity index (χ1) is 3.77. The topological polar surface area (TPSA) is 43.1 Å². The highest BCUT2D eigenvalue weighted by molar-refractivity contribution is 7.99. The van der Waals surface area contributed by atoms with Gasteiger partial charge in [0.2, 0.25) is 5.91 Å². The summed E-state index contributed by atoms with van der Waals surface area (Å²) < 4.78 is 11.3. The van der Waals surface area contributed by atoms with E-state index in [0.717, 1.165) is 0 Å². The van der Waals surface area contributed by atoms with Crippen LogP contribution in [0.4, 0.5) is 4.39 Å². The van der Waals surface area contributed by atoms with Crippen LogP contribution in [0.5, 0.6) is 0 Å². The molecule has 4 heteroatoms. The van der Waals surface area contributed by atoms with E-state index in [9.17, 15) is 9.18 Å². The first kappa shape index (κ1) is 7.75. The van der Waals surface area contributed by atoms with Gasteiger partial charge in [-0.25, -0.2) is 0 Å². The van der Waals surface area contributed by atoms with Crippen molar-refractivity contribution in [2.24, 2.45) is 5.73 Å². The van der Waals surface area contributed by atoms with Gasteiger partial charge in [-0.05, 0) is 0 Å². The molecule has 0 aliphatic carbocycles. The Balaban J connectivity index is 2.82. The fourth-order valence-electron chi connectivity index (χ4n) is 0.227.